The minimum absolute atomic E-state index is 0.0850. The zero-order valence-corrected chi connectivity index (χ0v) is 14.5. The summed E-state index contributed by atoms with van der Waals surface area (Å²) >= 11 is 1.68. The summed E-state index contributed by atoms with van der Waals surface area (Å²) in [5.74, 6) is 1.39. The van der Waals surface area contributed by atoms with Crippen molar-refractivity contribution in [3.8, 4) is 0 Å². The van der Waals surface area contributed by atoms with Crippen molar-refractivity contribution in [3.05, 3.63) is 34.1 Å². The first kappa shape index (κ1) is 16.1. The van der Waals surface area contributed by atoms with E-state index >= 15 is 0 Å². The number of aromatic nitrogens is 2. The van der Waals surface area contributed by atoms with E-state index in [2.05, 4.69) is 28.0 Å². The fourth-order valence-corrected chi connectivity index (χ4v) is 3.81. The van der Waals surface area contributed by atoms with Crippen LogP contribution < -0.4 is 0 Å². The summed E-state index contributed by atoms with van der Waals surface area (Å²) in [4.78, 5) is 22.2. The molecule has 1 aliphatic heterocycles. The van der Waals surface area contributed by atoms with Gasteiger partial charge in [0, 0.05) is 18.8 Å². The highest BCUT2D eigenvalue weighted by Gasteiger charge is 2.32. The summed E-state index contributed by atoms with van der Waals surface area (Å²) in [6, 6.07) is 4.27. The largest absolute Gasteiger partial charge is 0.340 e. The molecule has 1 saturated heterocycles. The van der Waals surface area contributed by atoms with Crippen LogP contribution in [0.25, 0.3) is 0 Å². The standard InChI is InChI=1S/C16H22N4O2S/c1-11(14-7-5-9-23-14)19(3)15(21)10-20-8-4-6-13(20)16-17-12(2)22-18-16/h5,7,9,11,13H,4,6,8,10H2,1-3H3/t11-,13-/m1/s1. The van der Waals surface area contributed by atoms with E-state index in [0.29, 0.717) is 18.3 Å². The molecule has 0 radical (unpaired) electrons. The van der Waals surface area contributed by atoms with E-state index in [1.165, 1.54) is 4.88 Å². The Bertz CT molecular complexity index is 655. The van der Waals surface area contributed by atoms with Gasteiger partial charge in [-0.15, -0.1) is 11.3 Å². The molecule has 0 spiro atoms. The van der Waals surface area contributed by atoms with Crippen molar-refractivity contribution < 1.29 is 9.32 Å². The van der Waals surface area contributed by atoms with Crippen LogP contribution in [0.1, 0.15) is 48.4 Å². The summed E-state index contributed by atoms with van der Waals surface area (Å²) in [6.45, 7) is 5.14. The quantitative estimate of drug-likeness (QED) is 0.841. The summed E-state index contributed by atoms with van der Waals surface area (Å²) in [5.41, 5.74) is 0. The van der Waals surface area contributed by atoms with Crippen LogP contribution in [0.15, 0.2) is 22.0 Å². The predicted molar refractivity (Wildman–Crippen MR) is 88.1 cm³/mol. The molecule has 3 rings (SSSR count). The minimum Gasteiger partial charge on any atom is -0.340 e. The third-order valence-electron chi connectivity index (χ3n) is 4.47. The van der Waals surface area contributed by atoms with Crippen LogP contribution in [0.4, 0.5) is 0 Å². The van der Waals surface area contributed by atoms with Gasteiger partial charge in [0.25, 0.3) is 0 Å². The topological polar surface area (TPSA) is 62.5 Å². The van der Waals surface area contributed by atoms with E-state index in [9.17, 15) is 4.79 Å². The smallest absolute Gasteiger partial charge is 0.237 e. The van der Waals surface area contributed by atoms with Gasteiger partial charge in [-0.1, -0.05) is 11.2 Å². The SMILES string of the molecule is Cc1nc([C@H]2CCCN2CC(=O)N(C)[C@H](C)c2cccs2)no1. The van der Waals surface area contributed by atoms with Crippen molar-refractivity contribution in [3.63, 3.8) is 0 Å². The van der Waals surface area contributed by atoms with Crippen LogP contribution in [0.5, 0.6) is 0 Å². The summed E-state index contributed by atoms with van der Waals surface area (Å²) in [7, 11) is 1.87. The maximum atomic E-state index is 12.6. The Kier molecular flexibility index (Phi) is 4.77. The van der Waals surface area contributed by atoms with Crippen LogP contribution in [0, 0.1) is 6.92 Å². The molecule has 0 saturated carbocycles. The number of nitrogens with zero attached hydrogens (tertiary/aromatic N) is 4. The summed E-state index contributed by atoms with van der Waals surface area (Å²) in [5, 5.41) is 6.07. The van der Waals surface area contributed by atoms with Crippen molar-refractivity contribution in [2.45, 2.75) is 38.8 Å². The Morgan fingerprint density at radius 3 is 3.09 bits per heavy atom. The number of amides is 1. The Hall–Kier alpha value is -1.73. The van der Waals surface area contributed by atoms with E-state index in [1.54, 1.807) is 18.3 Å². The molecule has 1 amide bonds. The molecule has 1 aliphatic rings. The average molecular weight is 334 g/mol. The number of carbonyl (C=O) groups is 1. The molecule has 0 unspecified atom stereocenters. The lowest BCUT2D eigenvalue weighted by Crippen LogP contribution is -2.39. The third kappa shape index (κ3) is 3.45. The van der Waals surface area contributed by atoms with Gasteiger partial charge in [0.2, 0.25) is 11.8 Å². The lowest BCUT2D eigenvalue weighted by Gasteiger charge is -2.28. The number of aryl methyl sites for hydroxylation is 1. The highest BCUT2D eigenvalue weighted by atomic mass is 32.1. The molecular weight excluding hydrogens is 312 g/mol. The van der Waals surface area contributed by atoms with Crippen LogP contribution >= 0.6 is 11.3 Å². The molecule has 0 aromatic carbocycles. The Labute approximate surface area is 140 Å². The molecule has 6 nitrogen and oxygen atoms in total. The van der Waals surface area contributed by atoms with Crippen molar-refractivity contribution in [2.75, 3.05) is 20.1 Å². The van der Waals surface area contributed by atoms with Gasteiger partial charge in [-0.05, 0) is 37.8 Å². The van der Waals surface area contributed by atoms with Gasteiger partial charge in [0.1, 0.15) is 0 Å². The number of carbonyl (C=O) groups excluding carboxylic acids is 1. The second-order valence-electron chi connectivity index (χ2n) is 6.00. The molecule has 2 aromatic heterocycles. The van der Waals surface area contributed by atoms with Crippen molar-refractivity contribution in [1.82, 2.24) is 19.9 Å². The van der Waals surface area contributed by atoms with E-state index in [1.807, 2.05) is 23.4 Å². The average Bonchev–Trinajstić information content (AvgIpc) is 3.26. The second-order valence-corrected chi connectivity index (χ2v) is 6.98. The van der Waals surface area contributed by atoms with Gasteiger partial charge in [-0.25, -0.2) is 0 Å². The number of likely N-dealkylation sites (tertiary alicyclic amines) is 1. The van der Waals surface area contributed by atoms with Gasteiger partial charge in [-0.3, -0.25) is 9.69 Å². The first-order chi connectivity index (χ1) is 11.1. The predicted octanol–water partition coefficient (Wildman–Crippen LogP) is 2.80. The summed E-state index contributed by atoms with van der Waals surface area (Å²) in [6.07, 6.45) is 2.02. The maximum Gasteiger partial charge on any atom is 0.237 e. The van der Waals surface area contributed by atoms with E-state index in [-0.39, 0.29) is 18.0 Å². The Balaban J connectivity index is 1.64. The highest BCUT2D eigenvalue weighted by molar-refractivity contribution is 7.10. The number of thiophene rings is 1. The normalized spacial score (nSPS) is 19.9. The van der Waals surface area contributed by atoms with E-state index in [4.69, 9.17) is 4.52 Å². The van der Waals surface area contributed by atoms with Gasteiger partial charge in [-0.2, -0.15) is 4.98 Å². The molecule has 0 N–H and O–H groups in total. The molecule has 7 heteroatoms. The molecule has 23 heavy (non-hydrogen) atoms. The third-order valence-corrected chi connectivity index (χ3v) is 5.52. The van der Waals surface area contributed by atoms with Crippen molar-refractivity contribution >= 4 is 17.2 Å². The fraction of sp³-hybridized carbons (Fsp3) is 0.562. The highest BCUT2D eigenvalue weighted by Crippen LogP contribution is 2.30. The lowest BCUT2D eigenvalue weighted by atomic mass is 10.2. The first-order valence-electron chi connectivity index (χ1n) is 7.89. The minimum atomic E-state index is 0.0850. The van der Waals surface area contributed by atoms with Crippen LogP contribution in [-0.4, -0.2) is 46.0 Å². The van der Waals surface area contributed by atoms with Gasteiger partial charge < -0.3 is 9.42 Å². The van der Waals surface area contributed by atoms with E-state index < -0.39 is 0 Å². The number of hydrogen-bond acceptors (Lipinski definition) is 6. The molecule has 0 aliphatic carbocycles. The van der Waals surface area contributed by atoms with Crippen LogP contribution in [0.3, 0.4) is 0 Å². The zero-order valence-electron chi connectivity index (χ0n) is 13.7. The van der Waals surface area contributed by atoms with E-state index in [0.717, 1.165) is 19.4 Å². The van der Waals surface area contributed by atoms with Gasteiger partial charge >= 0.3 is 0 Å². The monoisotopic (exact) mass is 334 g/mol. The summed E-state index contributed by atoms with van der Waals surface area (Å²) < 4.78 is 5.08. The van der Waals surface area contributed by atoms with Crippen LogP contribution in [0.2, 0.25) is 0 Å². The van der Waals surface area contributed by atoms with Gasteiger partial charge in [0.05, 0.1) is 18.6 Å². The molecule has 2 atom stereocenters. The first-order valence-corrected chi connectivity index (χ1v) is 8.77. The maximum absolute atomic E-state index is 12.6. The molecular formula is C16H22N4O2S. The molecule has 3 heterocycles. The molecule has 124 valence electrons. The zero-order chi connectivity index (χ0) is 16.4. The number of likely N-dealkylation sites (N-methyl/N-ethyl adjacent to an activating group) is 1. The van der Waals surface area contributed by atoms with Crippen molar-refractivity contribution in [2.24, 2.45) is 0 Å². The lowest BCUT2D eigenvalue weighted by molar-refractivity contribution is -0.133. The number of hydrogen-bond donors (Lipinski definition) is 0. The second kappa shape index (κ2) is 6.80. The molecule has 0 bridgehead atoms. The Morgan fingerprint density at radius 1 is 1.61 bits per heavy atom. The molecule has 2 aromatic rings. The Morgan fingerprint density at radius 2 is 2.43 bits per heavy atom. The van der Waals surface area contributed by atoms with Crippen molar-refractivity contribution in [1.29, 1.82) is 0 Å². The van der Waals surface area contributed by atoms with Gasteiger partial charge in [0.15, 0.2) is 5.82 Å². The number of rotatable bonds is 5. The fourth-order valence-electron chi connectivity index (χ4n) is 2.98. The molecule has 1 fully saturated rings. The van der Waals surface area contributed by atoms with Crippen LogP contribution in [-0.2, 0) is 4.79 Å².